The molecule has 7 nitrogen and oxygen atoms in total. The molecule has 9 heteroatoms. The first-order valence-corrected chi connectivity index (χ1v) is 7.65. The van der Waals surface area contributed by atoms with Crippen molar-refractivity contribution in [3.05, 3.63) is 59.7 Å². The summed E-state index contributed by atoms with van der Waals surface area (Å²) in [7, 11) is 0. The molecular formula is C18H14F2N4O3. The number of amides is 2. The largest absolute Gasteiger partial charge is 0.383 e. The lowest BCUT2D eigenvalue weighted by Crippen LogP contribution is -2.26. The Balaban J connectivity index is 1.86. The lowest BCUT2D eigenvalue weighted by molar-refractivity contribution is -0.126. The highest BCUT2D eigenvalue weighted by atomic mass is 19.1. The fourth-order valence-corrected chi connectivity index (χ4v) is 1.88. The molecule has 0 heterocycles. The van der Waals surface area contributed by atoms with Gasteiger partial charge in [-0.05, 0) is 37.3 Å². The molecule has 1 atom stereocenters. The molecule has 1 unspecified atom stereocenters. The zero-order valence-electron chi connectivity index (χ0n) is 14.1. The number of benzene rings is 2. The van der Waals surface area contributed by atoms with Crippen molar-refractivity contribution in [2.75, 3.05) is 10.6 Å². The van der Waals surface area contributed by atoms with Crippen LogP contribution in [0.5, 0.6) is 0 Å². The molecule has 0 bridgehead atoms. The molecule has 138 valence electrons. The highest BCUT2D eigenvalue weighted by Gasteiger charge is 2.14. The number of nitriles is 1. The van der Waals surface area contributed by atoms with Crippen LogP contribution in [0, 0.1) is 23.0 Å². The Morgan fingerprint density at radius 3 is 2.70 bits per heavy atom. The molecule has 0 saturated carbocycles. The SMILES string of the molecule is CC(ON=CC(=O)Nc1ccc(F)cc1F)C(=O)Nc1cccc(C#N)c1. The van der Waals surface area contributed by atoms with Crippen LogP contribution in [0.15, 0.2) is 47.6 Å². The van der Waals surface area contributed by atoms with E-state index < -0.39 is 29.6 Å². The van der Waals surface area contributed by atoms with Crippen LogP contribution >= 0.6 is 0 Å². The molecule has 2 amide bonds. The highest BCUT2D eigenvalue weighted by Crippen LogP contribution is 2.14. The van der Waals surface area contributed by atoms with Gasteiger partial charge in [0.2, 0.25) is 6.10 Å². The lowest BCUT2D eigenvalue weighted by Gasteiger charge is -2.10. The molecule has 0 aliphatic heterocycles. The summed E-state index contributed by atoms with van der Waals surface area (Å²) < 4.78 is 26.2. The number of oxime groups is 1. The minimum Gasteiger partial charge on any atom is -0.383 e. The topological polar surface area (TPSA) is 104 Å². The van der Waals surface area contributed by atoms with Crippen LogP contribution in [0.1, 0.15) is 12.5 Å². The van der Waals surface area contributed by atoms with E-state index >= 15 is 0 Å². The van der Waals surface area contributed by atoms with Gasteiger partial charge in [0, 0.05) is 11.8 Å². The van der Waals surface area contributed by atoms with Crippen molar-refractivity contribution in [3.8, 4) is 6.07 Å². The Labute approximate surface area is 153 Å². The molecule has 2 N–H and O–H groups in total. The van der Waals surface area contributed by atoms with Crippen molar-refractivity contribution < 1.29 is 23.2 Å². The zero-order valence-corrected chi connectivity index (χ0v) is 14.1. The maximum atomic E-state index is 13.4. The molecule has 2 aromatic rings. The van der Waals surface area contributed by atoms with Gasteiger partial charge in [-0.1, -0.05) is 11.2 Å². The van der Waals surface area contributed by atoms with E-state index in [9.17, 15) is 18.4 Å². The highest BCUT2D eigenvalue weighted by molar-refractivity contribution is 6.31. The smallest absolute Gasteiger partial charge is 0.270 e. The Kier molecular flexibility index (Phi) is 6.55. The van der Waals surface area contributed by atoms with Crippen LogP contribution < -0.4 is 10.6 Å². The van der Waals surface area contributed by atoms with Crippen molar-refractivity contribution in [2.45, 2.75) is 13.0 Å². The second kappa shape index (κ2) is 9.05. The summed E-state index contributed by atoms with van der Waals surface area (Å²) in [6.45, 7) is 1.40. The minimum atomic E-state index is -1.04. The van der Waals surface area contributed by atoms with Gasteiger partial charge in [0.05, 0.1) is 17.3 Å². The summed E-state index contributed by atoms with van der Waals surface area (Å²) in [5, 5.41) is 16.9. The molecule has 0 aromatic heterocycles. The number of hydrogen-bond donors (Lipinski definition) is 2. The Morgan fingerprint density at radius 1 is 1.22 bits per heavy atom. The van der Waals surface area contributed by atoms with Gasteiger partial charge >= 0.3 is 0 Å². The predicted octanol–water partition coefficient (Wildman–Crippen LogP) is 2.80. The van der Waals surface area contributed by atoms with E-state index in [0.717, 1.165) is 12.1 Å². The average molecular weight is 372 g/mol. The van der Waals surface area contributed by atoms with Gasteiger partial charge in [-0.2, -0.15) is 5.26 Å². The van der Waals surface area contributed by atoms with Crippen molar-refractivity contribution in [2.24, 2.45) is 5.16 Å². The van der Waals surface area contributed by atoms with Gasteiger partial charge in [0.25, 0.3) is 11.8 Å². The lowest BCUT2D eigenvalue weighted by atomic mass is 10.2. The van der Waals surface area contributed by atoms with Crippen molar-refractivity contribution in [3.63, 3.8) is 0 Å². The molecule has 0 saturated heterocycles. The summed E-state index contributed by atoms with van der Waals surface area (Å²) in [6, 6.07) is 10.9. The van der Waals surface area contributed by atoms with Crippen LogP contribution in [0.25, 0.3) is 0 Å². The summed E-state index contributed by atoms with van der Waals surface area (Å²) in [4.78, 5) is 28.5. The van der Waals surface area contributed by atoms with Gasteiger partial charge in [-0.3, -0.25) is 9.59 Å². The van der Waals surface area contributed by atoms with Crippen LogP contribution in [-0.4, -0.2) is 24.1 Å². The fraction of sp³-hybridized carbons (Fsp3) is 0.111. The van der Waals surface area contributed by atoms with Crippen LogP contribution in [-0.2, 0) is 14.4 Å². The summed E-state index contributed by atoms with van der Waals surface area (Å²) in [5.74, 6) is -3.09. The minimum absolute atomic E-state index is 0.226. The first-order chi connectivity index (χ1) is 12.9. The molecule has 2 aromatic carbocycles. The summed E-state index contributed by atoms with van der Waals surface area (Å²) in [5.41, 5.74) is 0.558. The number of nitrogens with one attached hydrogen (secondary N) is 2. The molecule has 0 fully saturated rings. The zero-order chi connectivity index (χ0) is 19.8. The first kappa shape index (κ1) is 19.5. The Hall–Kier alpha value is -3.80. The van der Waals surface area contributed by atoms with E-state index in [4.69, 9.17) is 10.1 Å². The van der Waals surface area contributed by atoms with Gasteiger partial charge in [0.15, 0.2) is 0 Å². The van der Waals surface area contributed by atoms with Crippen molar-refractivity contribution >= 4 is 29.4 Å². The van der Waals surface area contributed by atoms with Gasteiger partial charge in [-0.25, -0.2) is 8.78 Å². The number of carbonyl (C=O) groups excluding carboxylic acids is 2. The maximum absolute atomic E-state index is 13.4. The number of halogens is 2. The van der Waals surface area contributed by atoms with Crippen molar-refractivity contribution in [1.29, 1.82) is 5.26 Å². The number of hydrogen-bond acceptors (Lipinski definition) is 5. The number of rotatable bonds is 6. The van der Waals surface area contributed by atoms with E-state index in [1.165, 1.54) is 13.0 Å². The van der Waals surface area contributed by atoms with E-state index in [1.54, 1.807) is 18.2 Å². The number of nitrogens with zero attached hydrogens (tertiary/aromatic N) is 2. The number of carbonyl (C=O) groups is 2. The molecule has 0 aliphatic rings. The Morgan fingerprint density at radius 2 is 2.00 bits per heavy atom. The monoisotopic (exact) mass is 372 g/mol. The standard InChI is InChI=1S/C18H14F2N4O3/c1-11(18(26)23-14-4-2-3-12(7-14)9-21)27-22-10-17(25)24-16-6-5-13(19)8-15(16)20/h2-8,10-11H,1H3,(H,23,26)(H,24,25). The normalized spacial score (nSPS) is 11.5. The molecule has 27 heavy (non-hydrogen) atoms. The van der Waals surface area contributed by atoms with Crippen LogP contribution in [0.4, 0.5) is 20.2 Å². The third kappa shape index (κ3) is 5.89. The van der Waals surface area contributed by atoms with Crippen LogP contribution in [0.3, 0.4) is 0 Å². The summed E-state index contributed by atoms with van der Waals surface area (Å²) in [6.07, 6.45) is -0.328. The van der Waals surface area contributed by atoms with E-state index in [-0.39, 0.29) is 5.69 Å². The van der Waals surface area contributed by atoms with Gasteiger partial charge in [-0.15, -0.1) is 0 Å². The molecule has 0 spiro atoms. The summed E-state index contributed by atoms with van der Waals surface area (Å²) >= 11 is 0. The predicted molar refractivity (Wildman–Crippen MR) is 93.8 cm³/mol. The molecular weight excluding hydrogens is 358 g/mol. The van der Waals surface area contributed by atoms with Crippen molar-refractivity contribution in [1.82, 2.24) is 0 Å². The first-order valence-electron chi connectivity index (χ1n) is 7.65. The fourth-order valence-electron chi connectivity index (χ4n) is 1.88. The molecule has 0 radical (unpaired) electrons. The van der Waals surface area contributed by atoms with E-state index in [0.29, 0.717) is 23.5 Å². The number of anilines is 2. The van der Waals surface area contributed by atoms with Crippen LogP contribution in [0.2, 0.25) is 0 Å². The van der Waals surface area contributed by atoms with E-state index in [1.807, 2.05) is 6.07 Å². The van der Waals surface area contributed by atoms with E-state index in [2.05, 4.69) is 15.8 Å². The average Bonchev–Trinajstić information content (AvgIpc) is 2.64. The Bertz CT molecular complexity index is 925. The third-order valence-corrected chi connectivity index (χ3v) is 3.21. The second-order valence-electron chi connectivity index (χ2n) is 5.28. The van der Waals surface area contributed by atoms with Gasteiger partial charge < -0.3 is 15.5 Å². The third-order valence-electron chi connectivity index (χ3n) is 3.21. The molecule has 0 aliphatic carbocycles. The van der Waals surface area contributed by atoms with Gasteiger partial charge in [0.1, 0.15) is 17.8 Å². The quantitative estimate of drug-likeness (QED) is 0.601. The molecule has 2 rings (SSSR count). The second-order valence-corrected chi connectivity index (χ2v) is 5.28. The maximum Gasteiger partial charge on any atom is 0.270 e.